The molecule has 0 atom stereocenters. The van der Waals surface area contributed by atoms with Crippen LogP contribution < -0.4 is 4.90 Å². The molecule has 0 aromatic heterocycles. The lowest BCUT2D eigenvalue weighted by Gasteiger charge is -2.24. The fourth-order valence-electron chi connectivity index (χ4n) is 1.56. The molecule has 0 fully saturated rings. The summed E-state index contributed by atoms with van der Waals surface area (Å²) in [6.45, 7) is 2.92. The van der Waals surface area contributed by atoms with Crippen LogP contribution >= 0.6 is 0 Å². The Hall–Kier alpha value is -1.98. The molecule has 0 aliphatic rings. The van der Waals surface area contributed by atoms with Crippen molar-refractivity contribution in [3.8, 4) is 0 Å². The fraction of sp³-hybridized carbons (Fsp3) is 0.250. The second kappa shape index (κ2) is 5.57. The summed E-state index contributed by atoms with van der Waals surface area (Å²) < 4.78 is 38.4. The van der Waals surface area contributed by atoms with Gasteiger partial charge in [-0.1, -0.05) is 18.2 Å². The molecule has 0 heterocycles. The van der Waals surface area contributed by atoms with Crippen molar-refractivity contribution in [1.82, 2.24) is 0 Å². The van der Waals surface area contributed by atoms with Gasteiger partial charge in [0.2, 0.25) is 0 Å². The number of carboxylic acid groups (broad SMARTS) is 1. The first kappa shape index (κ1) is 14.1. The summed E-state index contributed by atoms with van der Waals surface area (Å²) in [5.74, 6) is -1.20. The van der Waals surface area contributed by atoms with Crippen LogP contribution in [0, 0.1) is 0 Å². The van der Waals surface area contributed by atoms with Crippen molar-refractivity contribution in [1.29, 1.82) is 0 Å². The van der Waals surface area contributed by atoms with Crippen molar-refractivity contribution in [2.75, 3.05) is 18.0 Å². The zero-order chi connectivity index (χ0) is 13.8. The number of rotatable bonds is 5. The SMILES string of the molecule is C=CCN(CC(=O)O)c1ccccc1C(F)(F)F. The number of hydrogen-bond acceptors (Lipinski definition) is 2. The summed E-state index contributed by atoms with van der Waals surface area (Å²) in [5.41, 5.74) is -1.01. The van der Waals surface area contributed by atoms with Crippen LogP contribution in [0.5, 0.6) is 0 Å². The predicted octanol–water partition coefficient (Wildman–Crippen LogP) is 2.78. The lowest BCUT2D eigenvalue weighted by atomic mass is 10.1. The summed E-state index contributed by atoms with van der Waals surface area (Å²) in [6.07, 6.45) is -3.16. The van der Waals surface area contributed by atoms with Gasteiger partial charge < -0.3 is 10.0 Å². The van der Waals surface area contributed by atoms with Gasteiger partial charge in [-0.25, -0.2) is 0 Å². The quantitative estimate of drug-likeness (QED) is 0.826. The minimum atomic E-state index is -4.52. The van der Waals surface area contributed by atoms with Gasteiger partial charge in [-0.15, -0.1) is 6.58 Å². The Morgan fingerprint density at radius 2 is 2.00 bits per heavy atom. The third-order valence-electron chi connectivity index (χ3n) is 2.23. The van der Waals surface area contributed by atoms with Gasteiger partial charge in [0, 0.05) is 12.2 Å². The van der Waals surface area contributed by atoms with Gasteiger partial charge in [0.05, 0.1) is 5.56 Å². The third-order valence-corrected chi connectivity index (χ3v) is 2.23. The Morgan fingerprint density at radius 3 is 2.50 bits per heavy atom. The van der Waals surface area contributed by atoms with Crippen molar-refractivity contribution >= 4 is 11.7 Å². The van der Waals surface area contributed by atoms with Crippen LogP contribution in [0.25, 0.3) is 0 Å². The Balaban J connectivity index is 3.19. The number of alkyl halides is 3. The molecule has 1 N–H and O–H groups in total. The summed E-state index contributed by atoms with van der Waals surface area (Å²) in [5, 5.41) is 8.71. The normalized spacial score (nSPS) is 11.1. The summed E-state index contributed by atoms with van der Waals surface area (Å²) in [6, 6.07) is 4.87. The average Bonchev–Trinajstić information content (AvgIpc) is 2.27. The number of carbonyl (C=O) groups is 1. The van der Waals surface area contributed by atoms with Crippen LogP contribution in [0.1, 0.15) is 5.56 Å². The van der Waals surface area contributed by atoms with Gasteiger partial charge in [-0.3, -0.25) is 4.79 Å². The molecule has 0 spiro atoms. The van der Waals surface area contributed by atoms with E-state index in [1.807, 2.05) is 0 Å². The van der Waals surface area contributed by atoms with E-state index in [2.05, 4.69) is 6.58 Å². The van der Waals surface area contributed by atoms with Crippen molar-refractivity contribution in [2.24, 2.45) is 0 Å². The molecule has 1 aromatic rings. The molecule has 0 bridgehead atoms. The number of halogens is 3. The first-order valence-electron chi connectivity index (χ1n) is 5.10. The zero-order valence-electron chi connectivity index (χ0n) is 9.44. The smallest absolute Gasteiger partial charge is 0.418 e. The van der Waals surface area contributed by atoms with Crippen molar-refractivity contribution in [3.05, 3.63) is 42.5 Å². The summed E-state index contributed by atoms with van der Waals surface area (Å²) in [4.78, 5) is 11.8. The number of benzene rings is 1. The van der Waals surface area contributed by atoms with Gasteiger partial charge >= 0.3 is 12.1 Å². The summed E-state index contributed by atoms with van der Waals surface area (Å²) in [7, 11) is 0. The maximum atomic E-state index is 12.8. The largest absolute Gasteiger partial charge is 0.480 e. The fourth-order valence-corrected chi connectivity index (χ4v) is 1.56. The van der Waals surface area contributed by atoms with E-state index < -0.39 is 24.3 Å². The first-order valence-corrected chi connectivity index (χ1v) is 5.10. The minimum absolute atomic E-state index is 0.0272. The van der Waals surface area contributed by atoms with Crippen LogP contribution in [0.15, 0.2) is 36.9 Å². The number of carboxylic acids is 1. The molecule has 0 saturated heterocycles. The highest BCUT2D eigenvalue weighted by Gasteiger charge is 2.34. The van der Waals surface area contributed by atoms with Gasteiger partial charge in [0.1, 0.15) is 6.54 Å². The lowest BCUT2D eigenvalue weighted by molar-refractivity contribution is -0.138. The predicted molar refractivity (Wildman–Crippen MR) is 61.5 cm³/mol. The monoisotopic (exact) mass is 259 g/mol. The number of anilines is 1. The Morgan fingerprint density at radius 1 is 1.39 bits per heavy atom. The molecule has 98 valence electrons. The number of nitrogens with zero attached hydrogens (tertiary/aromatic N) is 1. The minimum Gasteiger partial charge on any atom is -0.480 e. The maximum absolute atomic E-state index is 12.8. The van der Waals surface area contributed by atoms with Crippen LogP contribution in [0.2, 0.25) is 0 Å². The molecule has 0 amide bonds. The molecule has 0 aliphatic heterocycles. The Labute approximate surface area is 102 Å². The molecule has 6 heteroatoms. The molecular weight excluding hydrogens is 247 g/mol. The second-order valence-corrected chi connectivity index (χ2v) is 3.58. The maximum Gasteiger partial charge on any atom is 0.418 e. The topological polar surface area (TPSA) is 40.5 Å². The average molecular weight is 259 g/mol. The van der Waals surface area contributed by atoms with E-state index in [0.717, 1.165) is 11.0 Å². The van der Waals surface area contributed by atoms with Crippen LogP contribution in [-0.2, 0) is 11.0 Å². The highest BCUT2D eigenvalue weighted by molar-refractivity contribution is 5.74. The summed E-state index contributed by atoms with van der Waals surface area (Å²) >= 11 is 0. The number of aliphatic carboxylic acids is 1. The highest BCUT2D eigenvalue weighted by Crippen LogP contribution is 2.36. The molecule has 0 radical (unpaired) electrons. The van der Waals surface area contributed by atoms with E-state index in [1.54, 1.807) is 0 Å². The molecule has 0 saturated carbocycles. The highest BCUT2D eigenvalue weighted by atomic mass is 19.4. The first-order chi connectivity index (χ1) is 8.36. The molecule has 3 nitrogen and oxygen atoms in total. The van der Waals surface area contributed by atoms with E-state index in [4.69, 9.17) is 5.11 Å². The van der Waals surface area contributed by atoms with Crippen molar-refractivity contribution in [2.45, 2.75) is 6.18 Å². The van der Waals surface area contributed by atoms with Crippen molar-refractivity contribution < 1.29 is 23.1 Å². The molecule has 1 aromatic carbocycles. The molecule has 18 heavy (non-hydrogen) atoms. The van der Waals surface area contributed by atoms with Crippen molar-refractivity contribution in [3.63, 3.8) is 0 Å². The third kappa shape index (κ3) is 3.51. The van der Waals surface area contributed by atoms with Crippen LogP contribution in [0.3, 0.4) is 0 Å². The standard InChI is InChI=1S/C12H12F3NO2/c1-2-7-16(8-11(17)18)10-6-4-3-5-9(10)12(13,14)15/h2-6H,1,7-8H2,(H,17,18). The number of hydrogen-bond donors (Lipinski definition) is 1. The second-order valence-electron chi connectivity index (χ2n) is 3.58. The van der Waals surface area contributed by atoms with Crippen LogP contribution in [0.4, 0.5) is 18.9 Å². The molecule has 1 rings (SSSR count). The van der Waals surface area contributed by atoms with E-state index in [-0.39, 0.29) is 12.2 Å². The van der Waals surface area contributed by atoms with E-state index in [1.165, 1.54) is 24.3 Å². The van der Waals surface area contributed by atoms with Gasteiger partial charge in [-0.2, -0.15) is 13.2 Å². The van der Waals surface area contributed by atoms with Gasteiger partial charge in [0.25, 0.3) is 0 Å². The van der Waals surface area contributed by atoms with E-state index in [0.29, 0.717) is 0 Å². The van der Waals surface area contributed by atoms with E-state index >= 15 is 0 Å². The Bertz CT molecular complexity index is 443. The van der Waals surface area contributed by atoms with E-state index in [9.17, 15) is 18.0 Å². The van der Waals surface area contributed by atoms with Crippen LogP contribution in [-0.4, -0.2) is 24.2 Å². The lowest BCUT2D eigenvalue weighted by Crippen LogP contribution is -2.31. The van der Waals surface area contributed by atoms with Gasteiger partial charge in [0.15, 0.2) is 0 Å². The Kier molecular flexibility index (Phi) is 4.36. The molecule has 0 aliphatic carbocycles. The number of para-hydroxylation sites is 1. The zero-order valence-corrected chi connectivity index (χ0v) is 9.44. The molecular formula is C12H12F3NO2. The molecule has 0 unspecified atom stereocenters. The van der Waals surface area contributed by atoms with Gasteiger partial charge in [-0.05, 0) is 12.1 Å².